The molecule has 1 aromatic carbocycles. The zero-order chi connectivity index (χ0) is 13.1. The first-order valence-electron chi connectivity index (χ1n) is 6.57. The molecule has 0 spiro atoms. The first-order chi connectivity index (χ1) is 8.86. The standard InChI is InChI=1S/C15H21NOS/c1-2-3-4-10-18-11-6-9-17-15-8-5-7-14(12-15)13-16/h5,7-8,12H,2-4,6,9-11H2,1H3. The van der Waals surface area contributed by atoms with Crippen molar-refractivity contribution < 1.29 is 4.74 Å². The van der Waals surface area contributed by atoms with E-state index in [0.717, 1.165) is 24.5 Å². The van der Waals surface area contributed by atoms with Gasteiger partial charge in [0.2, 0.25) is 0 Å². The number of ether oxygens (including phenoxy) is 1. The summed E-state index contributed by atoms with van der Waals surface area (Å²) in [4.78, 5) is 0. The molecule has 0 aromatic heterocycles. The molecule has 0 atom stereocenters. The fourth-order valence-electron chi connectivity index (χ4n) is 1.56. The maximum atomic E-state index is 8.77. The van der Waals surface area contributed by atoms with Crippen LogP contribution >= 0.6 is 11.8 Å². The number of thioether (sulfide) groups is 1. The van der Waals surface area contributed by atoms with Crippen molar-refractivity contribution in [3.8, 4) is 11.8 Å². The second kappa shape index (κ2) is 9.85. The van der Waals surface area contributed by atoms with Gasteiger partial charge >= 0.3 is 0 Å². The van der Waals surface area contributed by atoms with Gasteiger partial charge in [0.05, 0.1) is 18.2 Å². The molecule has 0 bridgehead atoms. The van der Waals surface area contributed by atoms with Crippen LogP contribution in [0.4, 0.5) is 0 Å². The second-order valence-electron chi connectivity index (χ2n) is 4.16. The highest BCUT2D eigenvalue weighted by Crippen LogP contribution is 2.13. The summed E-state index contributed by atoms with van der Waals surface area (Å²) in [5, 5.41) is 8.77. The number of rotatable bonds is 9. The molecule has 0 amide bonds. The molecular formula is C15H21NOS. The molecule has 0 aliphatic rings. The Morgan fingerprint density at radius 2 is 2.06 bits per heavy atom. The van der Waals surface area contributed by atoms with Gasteiger partial charge in [-0.3, -0.25) is 0 Å². The van der Waals surface area contributed by atoms with Crippen molar-refractivity contribution in [3.63, 3.8) is 0 Å². The van der Waals surface area contributed by atoms with E-state index in [4.69, 9.17) is 10.00 Å². The van der Waals surface area contributed by atoms with Crippen LogP contribution in [0.5, 0.6) is 5.75 Å². The molecule has 0 fully saturated rings. The van der Waals surface area contributed by atoms with Gasteiger partial charge in [0, 0.05) is 0 Å². The topological polar surface area (TPSA) is 33.0 Å². The van der Waals surface area contributed by atoms with E-state index in [9.17, 15) is 0 Å². The number of hydrogen-bond acceptors (Lipinski definition) is 3. The monoisotopic (exact) mass is 263 g/mol. The van der Waals surface area contributed by atoms with Crippen LogP contribution in [0.15, 0.2) is 24.3 Å². The molecule has 1 aromatic rings. The Kier molecular flexibility index (Phi) is 8.16. The van der Waals surface area contributed by atoms with Crippen LogP contribution in [0.1, 0.15) is 38.2 Å². The quantitative estimate of drug-likeness (QED) is 0.624. The molecule has 0 saturated carbocycles. The van der Waals surface area contributed by atoms with E-state index >= 15 is 0 Å². The van der Waals surface area contributed by atoms with Crippen LogP contribution in [0.25, 0.3) is 0 Å². The molecule has 2 nitrogen and oxygen atoms in total. The Morgan fingerprint density at radius 3 is 2.83 bits per heavy atom. The molecule has 1 rings (SSSR count). The van der Waals surface area contributed by atoms with E-state index in [1.54, 1.807) is 12.1 Å². The second-order valence-corrected chi connectivity index (χ2v) is 5.39. The third kappa shape index (κ3) is 6.56. The third-order valence-electron chi connectivity index (χ3n) is 2.56. The Labute approximate surface area is 114 Å². The lowest BCUT2D eigenvalue weighted by atomic mass is 10.2. The molecule has 98 valence electrons. The van der Waals surface area contributed by atoms with Gasteiger partial charge < -0.3 is 4.74 Å². The maximum absolute atomic E-state index is 8.77. The van der Waals surface area contributed by atoms with Gasteiger partial charge in [-0.25, -0.2) is 0 Å². The molecule has 0 radical (unpaired) electrons. The van der Waals surface area contributed by atoms with Gasteiger partial charge in [-0.05, 0) is 42.5 Å². The predicted octanol–water partition coefficient (Wildman–Crippen LogP) is 4.25. The van der Waals surface area contributed by atoms with Crippen LogP contribution in [0.2, 0.25) is 0 Å². The van der Waals surface area contributed by atoms with E-state index in [-0.39, 0.29) is 0 Å². The summed E-state index contributed by atoms with van der Waals surface area (Å²) in [5.41, 5.74) is 0.654. The lowest BCUT2D eigenvalue weighted by Gasteiger charge is -2.06. The van der Waals surface area contributed by atoms with E-state index in [1.807, 2.05) is 23.9 Å². The van der Waals surface area contributed by atoms with Crippen molar-refractivity contribution in [2.45, 2.75) is 32.6 Å². The summed E-state index contributed by atoms with van der Waals surface area (Å²) in [6.07, 6.45) is 5.02. The molecule has 0 aliphatic carbocycles. The Hall–Kier alpha value is -1.14. The number of nitrogens with zero attached hydrogens (tertiary/aromatic N) is 1. The van der Waals surface area contributed by atoms with E-state index in [1.165, 1.54) is 25.0 Å². The van der Waals surface area contributed by atoms with Crippen LogP contribution in [-0.4, -0.2) is 18.1 Å². The lowest BCUT2D eigenvalue weighted by Crippen LogP contribution is -1.99. The fraction of sp³-hybridized carbons (Fsp3) is 0.533. The highest BCUT2D eigenvalue weighted by molar-refractivity contribution is 7.99. The average molecular weight is 263 g/mol. The van der Waals surface area contributed by atoms with Crippen LogP contribution in [0.3, 0.4) is 0 Å². The summed E-state index contributed by atoms with van der Waals surface area (Å²) in [6.45, 7) is 2.96. The van der Waals surface area contributed by atoms with Crippen molar-refractivity contribution in [3.05, 3.63) is 29.8 Å². The van der Waals surface area contributed by atoms with Crippen LogP contribution in [-0.2, 0) is 0 Å². The van der Waals surface area contributed by atoms with Crippen molar-refractivity contribution in [2.75, 3.05) is 18.1 Å². The number of hydrogen-bond donors (Lipinski definition) is 0. The largest absolute Gasteiger partial charge is 0.494 e. The van der Waals surface area contributed by atoms with Gasteiger partial charge in [0.25, 0.3) is 0 Å². The van der Waals surface area contributed by atoms with E-state index in [2.05, 4.69) is 13.0 Å². The van der Waals surface area contributed by atoms with Gasteiger partial charge in [-0.1, -0.05) is 25.8 Å². The van der Waals surface area contributed by atoms with Gasteiger partial charge in [-0.2, -0.15) is 17.0 Å². The van der Waals surface area contributed by atoms with E-state index < -0.39 is 0 Å². The minimum Gasteiger partial charge on any atom is -0.494 e. The summed E-state index contributed by atoms with van der Waals surface area (Å²) in [7, 11) is 0. The van der Waals surface area contributed by atoms with Crippen molar-refractivity contribution in [2.24, 2.45) is 0 Å². The minimum absolute atomic E-state index is 0.654. The SMILES string of the molecule is CCCCCSCCCOc1cccc(C#N)c1. The zero-order valence-corrected chi connectivity index (χ0v) is 11.8. The molecule has 0 saturated heterocycles. The average Bonchev–Trinajstić information content (AvgIpc) is 2.42. The Morgan fingerprint density at radius 1 is 1.22 bits per heavy atom. The molecule has 0 N–H and O–H groups in total. The zero-order valence-electron chi connectivity index (χ0n) is 11.0. The van der Waals surface area contributed by atoms with Crippen molar-refractivity contribution in [1.29, 1.82) is 5.26 Å². The van der Waals surface area contributed by atoms with E-state index in [0.29, 0.717) is 5.56 Å². The molecular weight excluding hydrogens is 242 g/mol. The van der Waals surface area contributed by atoms with Crippen LogP contribution < -0.4 is 4.74 Å². The minimum atomic E-state index is 0.654. The first-order valence-corrected chi connectivity index (χ1v) is 7.73. The number of nitriles is 1. The summed E-state index contributed by atoms with van der Waals surface area (Å²) >= 11 is 2.00. The Bertz CT molecular complexity index is 373. The maximum Gasteiger partial charge on any atom is 0.120 e. The normalized spacial score (nSPS) is 10.0. The van der Waals surface area contributed by atoms with Crippen molar-refractivity contribution >= 4 is 11.8 Å². The highest BCUT2D eigenvalue weighted by Gasteiger charge is 1.96. The van der Waals surface area contributed by atoms with Gasteiger partial charge in [0.15, 0.2) is 0 Å². The smallest absolute Gasteiger partial charge is 0.120 e. The van der Waals surface area contributed by atoms with Crippen LogP contribution in [0, 0.1) is 11.3 Å². The van der Waals surface area contributed by atoms with Gasteiger partial charge in [-0.15, -0.1) is 0 Å². The number of benzene rings is 1. The molecule has 0 heterocycles. The van der Waals surface area contributed by atoms with Gasteiger partial charge in [0.1, 0.15) is 5.75 Å². The summed E-state index contributed by atoms with van der Waals surface area (Å²) in [6, 6.07) is 9.44. The molecule has 0 unspecified atom stereocenters. The molecule has 3 heteroatoms. The predicted molar refractivity (Wildman–Crippen MR) is 78.1 cm³/mol. The summed E-state index contributed by atoms with van der Waals surface area (Å²) < 4.78 is 5.61. The lowest BCUT2D eigenvalue weighted by molar-refractivity contribution is 0.318. The fourth-order valence-corrected chi connectivity index (χ4v) is 2.50. The highest BCUT2D eigenvalue weighted by atomic mass is 32.2. The van der Waals surface area contributed by atoms with Crippen molar-refractivity contribution in [1.82, 2.24) is 0 Å². The molecule has 0 aliphatic heterocycles. The third-order valence-corrected chi connectivity index (χ3v) is 3.71. The first kappa shape index (κ1) is 14.9. The molecule has 18 heavy (non-hydrogen) atoms. The number of unbranched alkanes of at least 4 members (excludes halogenated alkanes) is 2. The summed E-state index contributed by atoms with van der Waals surface area (Å²) in [5.74, 6) is 3.21. The Balaban J connectivity index is 2.05.